The second-order valence-electron chi connectivity index (χ2n) is 10.1. The number of likely N-dealkylation sites (tertiary alicyclic amines) is 1. The van der Waals surface area contributed by atoms with E-state index in [0.29, 0.717) is 19.0 Å². The molecule has 2 aliphatic rings. The van der Waals surface area contributed by atoms with E-state index in [1.165, 1.54) is 18.4 Å². The van der Waals surface area contributed by atoms with Crippen LogP contribution in [0.4, 0.5) is 4.79 Å². The first-order valence-corrected chi connectivity index (χ1v) is 11.7. The molecule has 1 amide bonds. The minimum atomic E-state index is -0.485. The number of carbonyl (C=O) groups excluding carboxylic acids is 1. The molecular weight excluding hydrogens is 420 g/mol. The number of pyridine rings is 1. The third-order valence-corrected chi connectivity index (χ3v) is 6.51. The van der Waals surface area contributed by atoms with Gasteiger partial charge in [-0.2, -0.15) is 5.10 Å². The standard InChI is InChI=1S/C24H32N6O3/c1-15-21(17-12-20(32-5)22-19(16-6-7-16)13-25-29(22)14-17)26-27-30(15)18-8-10-28(11-9-18)23(31)33-24(2,3)4/h12-14,16,18H,6-11H2,1-5H3. The first kappa shape index (κ1) is 21.7. The van der Waals surface area contributed by atoms with Gasteiger partial charge in [0.15, 0.2) is 0 Å². The maximum Gasteiger partial charge on any atom is 0.410 e. The number of aromatic nitrogens is 5. The number of piperidine rings is 1. The van der Waals surface area contributed by atoms with Gasteiger partial charge in [0.1, 0.15) is 22.6 Å². The second kappa shape index (κ2) is 8.04. The highest BCUT2D eigenvalue weighted by Gasteiger charge is 2.31. The zero-order valence-electron chi connectivity index (χ0n) is 20.0. The molecule has 3 aromatic rings. The molecular formula is C24H32N6O3. The Labute approximate surface area is 193 Å². The van der Waals surface area contributed by atoms with E-state index in [2.05, 4.69) is 15.4 Å². The average molecular weight is 453 g/mol. The Morgan fingerprint density at radius 1 is 1.15 bits per heavy atom. The summed E-state index contributed by atoms with van der Waals surface area (Å²) in [6.45, 7) is 9.00. The predicted octanol–water partition coefficient (Wildman–Crippen LogP) is 4.36. The van der Waals surface area contributed by atoms with Gasteiger partial charge in [-0.25, -0.2) is 14.0 Å². The molecule has 0 bridgehead atoms. The van der Waals surface area contributed by atoms with Gasteiger partial charge < -0.3 is 14.4 Å². The van der Waals surface area contributed by atoms with Crippen LogP contribution in [0.25, 0.3) is 16.8 Å². The van der Waals surface area contributed by atoms with Crippen LogP contribution in [0.3, 0.4) is 0 Å². The van der Waals surface area contributed by atoms with Gasteiger partial charge in [-0.05, 0) is 65.4 Å². The lowest BCUT2D eigenvalue weighted by atomic mass is 10.0. The molecule has 0 spiro atoms. The summed E-state index contributed by atoms with van der Waals surface area (Å²) in [6, 6.07) is 2.23. The van der Waals surface area contributed by atoms with Crippen LogP contribution < -0.4 is 4.74 Å². The van der Waals surface area contributed by atoms with Crippen LogP contribution in [0.2, 0.25) is 0 Å². The van der Waals surface area contributed by atoms with Gasteiger partial charge in [0.25, 0.3) is 0 Å². The monoisotopic (exact) mass is 452 g/mol. The molecule has 3 aromatic heterocycles. The Balaban J connectivity index is 1.36. The Hall–Kier alpha value is -3.10. The molecule has 1 saturated heterocycles. The van der Waals surface area contributed by atoms with Crippen molar-refractivity contribution >= 4 is 11.6 Å². The van der Waals surface area contributed by atoms with Gasteiger partial charge in [0.2, 0.25) is 0 Å². The molecule has 1 aliphatic heterocycles. The molecule has 1 saturated carbocycles. The molecule has 0 aromatic carbocycles. The van der Waals surface area contributed by atoms with Crippen molar-refractivity contribution in [3.63, 3.8) is 0 Å². The summed E-state index contributed by atoms with van der Waals surface area (Å²) in [5.41, 5.74) is 4.58. The Bertz CT molecular complexity index is 1180. The van der Waals surface area contributed by atoms with Crippen molar-refractivity contribution in [3.8, 4) is 17.0 Å². The van der Waals surface area contributed by atoms with Gasteiger partial charge >= 0.3 is 6.09 Å². The van der Waals surface area contributed by atoms with Gasteiger partial charge in [0, 0.05) is 30.4 Å². The summed E-state index contributed by atoms with van der Waals surface area (Å²) in [4.78, 5) is 14.2. The number of fused-ring (bicyclic) bond motifs is 1. The number of hydrogen-bond acceptors (Lipinski definition) is 6. The number of methoxy groups -OCH3 is 1. The average Bonchev–Trinajstić information content (AvgIpc) is 3.41. The van der Waals surface area contributed by atoms with E-state index in [1.54, 1.807) is 12.0 Å². The molecule has 176 valence electrons. The molecule has 4 heterocycles. The van der Waals surface area contributed by atoms with Crippen LogP contribution in [-0.4, -0.2) is 61.4 Å². The SMILES string of the molecule is COc1cc(-c2nnn(C3CCN(C(=O)OC(C)(C)C)CC3)c2C)cn2ncc(C3CC3)c12. The lowest BCUT2D eigenvalue weighted by Crippen LogP contribution is -2.42. The molecule has 0 unspecified atom stereocenters. The van der Waals surface area contributed by atoms with Gasteiger partial charge in [0.05, 0.1) is 25.0 Å². The molecule has 33 heavy (non-hydrogen) atoms. The topological polar surface area (TPSA) is 86.8 Å². The quantitative estimate of drug-likeness (QED) is 0.585. The molecule has 0 radical (unpaired) electrons. The fourth-order valence-corrected chi connectivity index (χ4v) is 4.66. The highest BCUT2D eigenvalue weighted by atomic mass is 16.6. The summed E-state index contributed by atoms with van der Waals surface area (Å²) >= 11 is 0. The Kier molecular flexibility index (Phi) is 5.29. The summed E-state index contributed by atoms with van der Waals surface area (Å²) in [6.07, 6.45) is 7.78. The lowest BCUT2D eigenvalue weighted by molar-refractivity contribution is 0.0184. The maximum absolute atomic E-state index is 12.4. The minimum Gasteiger partial charge on any atom is -0.494 e. The zero-order chi connectivity index (χ0) is 23.3. The van der Waals surface area contributed by atoms with Crippen molar-refractivity contribution in [2.24, 2.45) is 0 Å². The highest BCUT2D eigenvalue weighted by Crippen LogP contribution is 2.44. The molecule has 0 N–H and O–H groups in total. The molecule has 0 atom stereocenters. The summed E-state index contributed by atoms with van der Waals surface area (Å²) in [5.74, 6) is 1.41. The van der Waals surface area contributed by atoms with Crippen molar-refractivity contribution < 1.29 is 14.3 Å². The molecule has 9 nitrogen and oxygen atoms in total. The van der Waals surface area contributed by atoms with E-state index in [1.807, 2.05) is 55.4 Å². The van der Waals surface area contributed by atoms with Crippen LogP contribution >= 0.6 is 0 Å². The zero-order valence-corrected chi connectivity index (χ0v) is 20.0. The van der Waals surface area contributed by atoms with E-state index >= 15 is 0 Å². The number of rotatable bonds is 4. The summed E-state index contributed by atoms with van der Waals surface area (Å²) in [7, 11) is 1.70. The Morgan fingerprint density at radius 3 is 2.52 bits per heavy atom. The van der Waals surface area contributed by atoms with Crippen molar-refractivity contribution in [2.75, 3.05) is 20.2 Å². The van der Waals surface area contributed by atoms with Crippen LogP contribution in [0.1, 0.15) is 69.7 Å². The Morgan fingerprint density at radius 2 is 1.88 bits per heavy atom. The largest absolute Gasteiger partial charge is 0.494 e. The summed E-state index contributed by atoms with van der Waals surface area (Å²) in [5, 5.41) is 13.6. The fraction of sp³-hybridized carbons (Fsp3) is 0.583. The summed E-state index contributed by atoms with van der Waals surface area (Å²) < 4.78 is 15.1. The van der Waals surface area contributed by atoms with Crippen LogP contribution in [0.15, 0.2) is 18.5 Å². The highest BCUT2D eigenvalue weighted by molar-refractivity contribution is 5.73. The predicted molar refractivity (Wildman–Crippen MR) is 124 cm³/mol. The smallest absolute Gasteiger partial charge is 0.410 e. The minimum absolute atomic E-state index is 0.196. The second-order valence-corrected chi connectivity index (χ2v) is 10.1. The molecule has 1 aliphatic carbocycles. The molecule has 2 fully saturated rings. The number of nitrogens with zero attached hydrogens (tertiary/aromatic N) is 6. The lowest BCUT2D eigenvalue weighted by Gasteiger charge is -2.33. The first-order chi connectivity index (χ1) is 15.7. The van der Waals surface area contributed by atoms with E-state index in [0.717, 1.165) is 41.1 Å². The van der Waals surface area contributed by atoms with E-state index in [4.69, 9.17) is 9.47 Å². The van der Waals surface area contributed by atoms with Gasteiger partial charge in [-0.15, -0.1) is 5.10 Å². The van der Waals surface area contributed by atoms with Gasteiger partial charge in [-0.3, -0.25) is 0 Å². The number of ether oxygens (including phenoxy) is 2. The third kappa shape index (κ3) is 4.16. The number of hydrogen-bond donors (Lipinski definition) is 0. The maximum atomic E-state index is 12.4. The van der Waals surface area contributed by atoms with Crippen molar-refractivity contribution in [2.45, 2.75) is 70.9 Å². The number of carbonyl (C=O) groups is 1. The van der Waals surface area contributed by atoms with Crippen LogP contribution in [-0.2, 0) is 4.74 Å². The van der Waals surface area contributed by atoms with Gasteiger partial charge in [-0.1, -0.05) is 5.21 Å². The third-order valence-electron chi connectivity index (χ3n) is 6.51. The van der Waals surface area contributed by atoms with E-state index < -0.39 is 5.60 Å². The fourth-order valence-electron chi connectivity index (χ4n) is 4.66. The number of amides is 1. The first-order valence-electron chi connectivity index (χ1n) is 11.7. The molecule has 9 heteroatoms. The van der Waals surface area contributed by atoms with Crippen molar-refractivity contribution in [1.82, 2.24) is 29.5 Å². The van der Waals surface area contributed by atoms with Crippen LogP contribution in [0, 0.1) is 6.92 Å². The van der Waals surface area contributed by atoms with E-state index in [9.17, 15) is 4.79 Å². The van der Waals surface area contributed by atoms with Crippen LogP contribution in [0.5, 0.6) is 5.75 Å². The van der Waals surface area contributed by atoms with E-state index in [-0.39, 0.29) is 12.1 Å². The molecule has 5 rings (SSSR count). The van der Waals surface area contributed by atoms with Crippen molar-refractivity contribution in [3.05, 3.63) is 29.7 Å². The normalized spacial score (nSPS) is 17.5. The van der Waals surface area contributed by atoms with Crippen molar-refractivity contribution in [1.29, 1.82) is 0 Å².